The summed E-state index contributed by atoms with van der Waals surface area (Å²) in [6, 6.07) is 21.1. The highest BCUT2D eigenvalue weighted by Crippen LogP contribution is 2.22. The maximum atomic E-state index is 5.98. The molecule has 1 N–H and O–H groups in total. The molecule has 6 nitrogen and oxygen atoms in total. The molecule has 2 aromatic carbocycles. The number of nitrogens with one attached hydrogen (secondary N) is 1. The maximum Gasteiger partial charge on any atom is 0.224 e. The zero-order valence-electron chi connectivity index (χ0n) is 19.2. The zero-order valence-corrected chi connectivity index (χ0v) is 19.2. The van der Waals surface area contributed by atoms with Gasteiger partial charge in [-0.15, -0.1) is 0 Å². The van der Waals surface area contributed by atoms with Gasteiger partial charge < -0.3 is 15.0 Å². The third-order valence-corrected chi connectivity index (χ3v) is 6.41. The molecule has 3 heterocycles. The van der Waals surface area contributed by atoms with Crippen LogP contribution in [-0.2, 0) is 13.2 Å². The SMILES string of the molecule is c1ccc(COc2cccc(CN3CC(Nc4nccc(N5CCCCCC5)n4)C3)c2)cc1. The number of nitrogens with zero attached hydrogens (tertiary/aromatic N) is 4. The van der Waals surface area contributed by atoms with Crippen LogP contribution < -0.4 is 15.0 Å². The van der Waals surface area contributed by atoms with Crippen LogP contribution in [0.3, 0.4) is 0 Å². The largest absolute Gasteiger partial charge is 0.489 e. The maximum absolute atomic E-state index is 5.98. The first kappa shape index (κ1) is 21.7. The van der Waals surface area contributed by atoms with E-state index in [1.165, 1.54) is 36.8 Å². The molecule has 6 heteroatoms. The van der Waals surface area contributed by atoms with Gasteiger partial charge in [-0.2, -0.15) is 4.98 Å². The average Bonchev–Trinajstić information content (AvgIpc) is 3.12. The summed E-state index contributed by atoms with van der Waals surface area (Å²) in [5.74, 6) is 2.72. The van der Waals surface area contributed by atoms with Crippen LogP contribution in [0.15, 0.2) is 66.9 Å². The molecule has 0 aliphatic carbocycles. The number of benzene rings is 2. The highest BCUT2D eigenvalue weighted by atomic mass is 16.5. The number of hydrogen-bond acceptors (Lipinski definition) is 6. The van der Waals surface area contributed by atoms with Crippen LogP contribution in [0.4, 0.5) is 11.8 Å². The molecule has 2 aliphatic rings. The predicted molar refractivity (Wildman–Crippen MR) is 133 cm³/mol. The molecule has 1 aromatic heterocycles. The smallest absolute Gasteiger partial charge is 0.224 e. The Morgan fingerprint density at radius 1 is 0.879 bits per heavy atom. The van der Waals surface area contributed by atoms with Crippen molar-refractivity contribution >= 4 is 11.8 Å². The molecule has 2 saturated heterocycles. The van der Waals surface area contributed by atoms with E-state index in [0.29, 0.717) is 12.6 Å². The van der Waals surface area contributed by atoms with Crippen molar-refractivity contribution in [2.24, 2.45) is 0 Å². The molecule has 33 heavy (non-hydrogen) atoms. The average molecular weight is 444 g/mol. The normalized spacial score (nSPS) is 17.3. The molecule has 0 amide bonds. The molecule has 2 aliphatic heterocycles. The minimum absolute atomic E-state index is 0.391. The Balaban J connectivity index is 1.09. The van der Waals surface area contributed by atoms with E-state index in [9.17, 15) is 0 Å². The number of anilines is 2. The van der Waals surface area contributed by atoms with Gasteiger partial charge in [0.05, 0.1) is 6.04 Å². The molecule has 5 rings (SSSR count). The monoisotopic (exact) mass is 443 g/mol. The third kappa shape index (κ3) is 6.02. The molecule has 0 radical (unpaired) electrons. The quantitative estimate of drug-likeness (QED) is 0.543. The van der Waals surface area contributed by atoms with Crippen molar-refractivity contribution < 1.29 is 4.74 Å². The van der Waals surface area contributed by atoms with Crippen LogP contribution in [0.5, 0.6) is 5.75 Å². The summed E-state index contributed by atoms with van der Waals surface area (Å²) >= 11 is 0. The zero-order chi connectivity index (χ0) is 22.3. The topological polar surface area (TPSA) is 53.5 Å². The first-order valence-corrected chi connectivity index (χ1v) is 12.1. The fourth-order valence-electron chi connectivity index (χ4n) is 4.60. The van der Waals surface area contributed by atoms with Crippen molar-refractivity contribution in [2.45, 2.75) is 44.9 Å². The van der Waals surface area contributed by atoms with E-state index in [2.05, 4.69) is 50.4 Å². The summed E-state index contributed by atoms with van der Waals surface area (Å²) in [4.78, 5) is 14.1. The van der Waals surface area contributed by atoms with Gasteiger partial charge in [0.15, 0.2) is 0 Å². The van der Waals surface area contributed by atoms with Gasteiger partial charge in [0.2, 0.25) is 5.95 Å². The van der Waals surface area contributed by atoms with Crippen LogP contribution >= 0.6 is 0 Å². The van der Waals surface area contributed by atoms with E-state index in [1.54, 1.807) is 0 Å². The number of ether oxygens (including phenoxy) is 1. The summed E-state index contributed by atoms with van der Waals surface area (Å²) < 4.78 is 5.98. The summed E-state index contributed by atoms with van der Waals surface area (Å²) in [6.07, 6.45) is 7.04. The Kier molecular flexibility index (Phi) is 7.02. The second-order valence-electron chi connectivity index (χ2n) is 9.10. The van der Waals surface area contributed by atoms with Gasteiger partial charge in [0.25, 0.3) is 0 Å². The van der Waals surface area contributed by atoms with Gasteiger partial charge in [-0.1, -0.05) is 55.3 Å². The van der Waals surface area contributed by atoms with Crippen molar-refractivity contribution in [3.63, 3.8) is 0 Å². The van der Waals surface area contributed by atoms with Crippen molar-refractivity contribution in [1.29, 1.82) is 0 Å². The van der Waals surface area contributed by atoms with Crippen molar-refractivity contribution in [3.8, 4) is 5.75 Å². The summed E-state index contributed by atoms with van der Waals surface area (Å²) in [5.41, 5.74) is 2.46. The van der Waals surface area contributed by atoms with E-state index in [4.69, 9.17) is 9.72 Å². The summed E-state index contributed by atoms with van der Waals surface area (Å²) in [7, 11) is 0. The highest BCUT2D eigenvalue weighted by molar-refractivity contribution is 5.43. The number of aromatic nitrogens is 2. The van der Waals surface area contributed by atoms with E-state index >= 15 is 0 Å². The standard InChI is InChI=1S/C27H33N5O/c1-2-7-16-32(15-6-1)26-13-14-28-27(30-26)29-24-19-31(20-24)18-23-11-8-12-25(17-23)33-21-22-9-4-3-5-10-22/h3-5,8-14,17,24H,1-2,6-7,15-16,18-21H2,(H,28,29,30). The van der Waals surface area contributed by atoms with Crippen molar-refractivity contribution in [1.82, 2.24) is 14.9 Å². The second-order valence-corrected chi connectivity index (χ2v) is 9.10. The molecular weight excluding hydrogens is 410 g/mol. The van der Waals surface area contributed by atoms with Gasteiger partial charge in [-0.25, -0.2) is 4.98 Å². The molecule has 172 valence electrons. The minimum atomic E-state index is 0.391. The second kappa shape index (κ2) is 10.7. The fourth-order valence-corrected chi connectivity index (χ4v) is 4.60. The van der Waals surface area contributed by atoms with E-state index in [0.717, 1.165) is 50.2 Å². The van der Waals surface area contributed by atoms with E-state index < -0.39 is 0 Å². The molecule has 0 bridgehead atoms. The minimum Gasteiger partial charge on any atom is -0.489 e. The summed E-state index contributed by atoms with van der Waals surface area (Å²) in [6.45, 7) is 5.70. The summed E-state index contributed by atoms with van der Waals surface area (Å²) in [5, 5.41) is 3.52. The molecule has 0 unspecified atom stereocenters. The lowest BCUT2D eigenvalue weighted by molar-refractivity contribution is 0.152. The molecule has 0 atom stereocenters. The Morgan fingerprint density at radius 2 is 1.67 bits per heavy atom. The Labute approximate surface area is 196 Å². The van der Waals surface area contributed by atoms with Crippen LogP contribution in [0, 0.1) is 0 Å². The Morgan fingerprint density at radius 3 is 2.48 bits per heavy atom. The van der Waals surface area contributed by atoms with Gasteiger partial charge in [-0.3, -0.25) is 4.90 Å². The van der Waals surface area contributed by atoms with E-state index in [1.807, 2.05) is 36.5 Å². The van der Waals surface area contributed by atoms with Crippen LogP contribution in [0.2, 0.25) is 0 Å². The van der Waals surface area contributed by atoms with Crippen LogP contribution in [-0.4, -0.2) is 47.1 Å². The van der Waals surface area contributed by atoms with Gasteiger partial charge >= 0.3 is 0 Å². The lowest BCUT2D eigenvalue weighted by Gasteiger charge is -2.39. The van der Waals surface area contributed by atoms with Gasteiger partial charge in [-0.05, 0) is 42.2 Å². The van der Waals surface area contributed by atoms with Crippen LogP contribution in [0.25, 0.3) is 0 Å². The van der Waals surface area contributed by atoms with E-state index in [-0.39, 0.29) is 0 Å². The van der Waals surface area contributed by atoms with Crippen molar-refractivity contribution in [2.75, 3.05) is 36.4 Å². The molecule has 0 spiro atoms. The van der Waals surface area contributed by atoms with Crippen LogP contribution in [0.1, 0.15) is 36.8 Å². The molecule has 3 aromatic rings. The predicted octanol–water partition coefficient (Wildman–Crippen LogP) is 4.73. The van der Waals surface area contributed by atoms with Crippen molar-refractivity contribution in [3.05, 3.63) is 78.0 Å². The lowest BCUT2D eigenvalue weighted by atomic mass is 10.1. The highest BCUT2D eigenvalue weighted by Gasteiger charge is 2.27. The molecular formula is C27H33N5O. The third-order valence-electron chi connectivity index (χ3n) is 6.41. The first-order chi connectivity index (χ1) is 16.3. The molecule has 0 saturated carbocycles. The fraction of sp³-hybridized carbons (Fsp3) is 0.407. The first-order valence-electron chi connectivity index (χ1n) is 12.1. The number of hydrogen-bond donors (Lipinski definition) is 1. The lowest BCUT2D eigenvalue weighted by Crippen LogP contribution is -2.54. The van der Waals surface area contributed by atoms with Gasteiger partial charge in [0.1, 0.15) is 18.2 Å². The van der Waals surface area contributed by atoms with Gasteiger partial charge in [0, 0.05) is 38.9 Å². The molecule has 2 fully saturated rings. The number of likely N-dealkylation sites (tertiary alicyclic amines) is 1. The Bertz CT molecular complexity index is 1010. The number of rotatable bonds is 8. The Hall–Kier alpha value is -3.12.